The van der Waals surface area contributed by atoms with Crippen molar-refractivity contribution in [3.63, 3.8) is 0 Å². The van der Waals surface area contributed by atoms with Crippen LogP contribution in [-0.4, -0.2) is 45.1 Å². The van der Waals surface area contributed by atoms with E-state index in [0.717, 1.165) is 12.3 Å². The molecule has 4 rings (SSSR count). The van der Waals surface area contributed by atoms with Crippen LogP contribution in [0.2, 0.25) is 0 Å². The SMILES string of the molecule is CC(NS(=O)(=O)c1ccc(-c2c(C#N)c3cc(Br)cnc3n2-c2ncccn2)nc1)C(F)(F)F. The van der Waals surface area contributed by atoms with Gasteiger partial charge in [0.15, 0.2) is 0 Å². The number of nitrogens with one attached hydrogen (secondary N) is 1. The van der Waals surface area contributed by atoms with Crippen molar-refractivity contribution in [2.45, 2.75) is 24.0 Å². The predicted molar refractivity (Wildman–Crippen MR) is 118 cm³/mol. The zero-order valence-corrected chi connectivity index (χ0v) is 19.5. The van der Waals surface area contributed by atoms with E-state index in [1.807, 2.05) is 0 Å². The second-order valence-electron chi connectivity index (χ2n) is 7.01. The van der Waals surface area contributed by atoms with Gasteiger partial charge in [0.25, 0.3) is 0 Å². The van der Waals surface area contributed by atoms with Crippen molar-refractivity contribution in [2.75, 3.05) is 0 Å². The smallest absolute Gasteiger partial charge is 0.259 e. The second-order valence-corrected chi connectivity index (χ2v) is 9.64. The molecule has 4 aromatic rings. The number of sulfonamides is 1. The van der Waals surface area contributed by atoms with Crippen LogP contribution in [0.3, 0.4) is 0 Å². The normalized spacial score (nSPS) is 13.1. The highest BCUT2D eigenvalue weighted by Gasteiger charge is 2.39. The first-order valence-electron chi connectivity index (χ1n) is 9.46. The molecule has 0 saturated heterocycles. The molecule has 0 spiro atoms. The zero-order chi connectivity index (χ0) is 24.7. The summed E-state index contributed by atoms with van der Waals surface area (Å²) < 4.78 is 66.9. The van der Waals surface area contributed by atoms with Gasteiger partial charge < -0.3 is 0 Å². The summed E-state index contributed by atoms with van der Waals surface area (Å²) in [5.74, 6) is 0.193. The Kier molecular flexibility index (Phi) is 6.11. The Bertz CT molecular complexity index is 1520. The van der Waals surface area contributed by atoms with Gasteiger partial charge in [-0.2, -0.15) is 23.2 Å². The average Bonchev–Trinajstić information content (AvgIpc) is 3.12. The van der Waals surface area contributed by atoms with Crippen molar-refractivity contribution < 1.29 is 21.6 Å². The lowest BCUT2D eigenvalue weighted by Gasteiger charge is -2.17. The van der Waals surface area contributed by atoms with Gasteiger partial charge in [0.05, 0.1) is 17.0 Å². The number of pyridine rings is 2. The molecule has 9 nitrogen and oxygen atoms in total. The van der Waals surface area contributed by atoms with Crippen LogP contribution in [-0.2, 0) is 10.0 Å². The van der Waals surface area contributed by atoms with E-state index in [9.17, 15) is 26.9 Å². The van der Waals surface area contributed by atoms with Crippen LogP contribution in [0.25, 0.3) is 28.4 Å². The summed E-state index contributed by atoms with van der Waals surface area (Å²) in [4.78, 5) is 16.5. The molecule has 1 unspecified atom stereocenters. The predicted octanol–water partition coefficient (Wildman–Crippen LogP) is 3.74. The van der Waals surface area contributed by atoms with Crippen molar-refractivity contribution in [1.82, 2.24) is 29.2 Å². The number of hydrogen-bond donors (Lipinski definition) is 1. The van der Waals surface area contributed by atoms with Crippen LogP contribution < -0.4 is 4.72 Å². The standard InChI is InChI=1S/C20H13BrF3N7O2S/c1-11(20(22,23)24)30-34(32,33)13-3-4-16(28-10-13)17-15(8-25)14-7-12(21)9-29-18(14)31(17)19-26-5-2-6-27-19/h2-7,9-11,30H,1H3. The van der Waals surface area contributed by atoms with Gasteiger partial charge in [0.1, 0.15) is 22.7 Å². The minimum atomic E-state index is -4.75. The van der Waals surface area contributed by atoms with E-state index in [-0.39, 0.29) is 22.9 Å². The van der Waals surface area contributed by atoms with Gasteiger partial charge >= 0.3 is 6.18 Å². The fraction of sp³-hybridized carbons (Fsp3) is 0.150. The quantitative estimate of drug-likeness (QED) is 0.400. The third-order valence-electron chi connectivity index (χ3n) is 4.75. The molecule has 0 saturated carbocycles. The van der Waals surface area contributed by atoms with Gasteiger partial charge in [-0.05, 0) is 47.1 Å². The topological polar surface area (TPSA) is 126 Å². The lowest BCUT2D eigenvalue weighted by atomic mass is 10.1. The molecule has 1 atom stereocenters. The number of aromatic nitrogens is 5. The number of alkyl halides is 3. The van der Waals surface area contributed by atoms with E-state index in [2.05, 4.69) is 41.9 Å². The molecular weight excluding hydrogens is 539 g/mol. The number of halogens is 4. The number of hydrogen-bond acceptors (Lipinski definition) is 7. The Hall–Kier alpha value is -3.41. The highest BCUT2D eigenvalue weighted by atomic mass is 79.9. The van der Waals surface area contributed by atoms with Crippen molar-refractivity contribution in [3.05, 3.63) is 59.1 Å². The molecule has 0 aromatic carbocycles. The summed E-state index contributed by atoms with van der Waals surface area (Å²) in [6, 6.07) is 5.51. The van der Waals surface area contributed by atoms with Gasteiger partial charge in [-0.15, -0.1) is 0 Å². The van der Waals surface area contributed by atoms with Crippen molar-refractivity contribution >= 4 is 37.0 Å². The third kappa shape index (κ3) is 4.37. The van der Waals surface area contributed by atoms with Gasteiger partial charge in [0.2, 0.25) is 16.0 Å². The van der Waals surface area contributed by atoms with Gasteiger partial charge in [-0.3, -0.25) is 9.55 Å². The van der Waals surface area contributed by atoms with Crippen LogP contribution in [0, 0.1) is 11.3 Å². The maximum Gasteiger partial charge on any atom is 0.404 e. The summed E-state index contributed by atoms with van der Waals surface area (Å²) in [5.41, 5.74) is 0.958. The lowest BCUT2D eigenvalue weighted by Crippen LogP contribution is -2.42. The van der Waals surface area contributed by atoms with Crippen LogP contribution in [0.15, 0.2) is 58.4 Å². The summed E-state index contributed by atoms with van der Waals surface area (Å²) in [7, 11) is -4.50. The highest BCUT2D eigenvalue weighted by Crippen LogP contribution is 2.34. The summed E-state index contributed by atoms with van der Waals surface area (Å²) in [6.07, 6.45) is 0.696. The summed E-state index contributed by atoms with van der Waals surface area (Å²) in [5, 5.41) is 10.4. The van der Waals surface area contributed by atoms with E-state index < -0.39 is 27.1 Å². The Labute approximate surface area is 199 Å². The van der Waals surface area contributed by atoms with Gasteiger partial charge in [-0.1, -0.05) is 0 Å². The molecule has 34 heavy (non-hydrogen) atoms. The average molecular weight is 552 g/mol. The number of nitrogens with zero attached hydrogens (tertiary/aromatic N) is 6. The zero-order valence-electron chi connectivity index (χ0n) is 17.1. The van der Waals surface area contributed by atoms with Gasteiger partial charge in [0, 0.05) is 34.6 Å². The Morgan fingerprint density at radius 3 is 2.44 bits per heavy atom. The molecule has 0 aliphatic rings. The molecule has 0 aliphatic carbocycles. The largest absolute Gasteiger partial charge is 0.404 e. The molecule has 0 radical (unpaired) electrons. The minimum Gasteiger partial charge on any atom is -0.259 e. The molecular formula is C20H13BrF3N7O2S. The summed E-state index contributed by atoms with van der Waals surface area (Å²) >= 11 is 3.33. The monoisotopic (exact) mass is 551 g/mol. The van der Waals surface area contributed by atoms with Crippen LogP contribution in [0.1, 0.15) is 12.5 Å². The lowest BCUT2D eigenvalue weighted by molar-refractivity contribution is -0.147. The Balaban J connectivity index is 1.87. The molecule has 4 aromatic heterocycles. The Morgan fingerprint density at radius 2 is 1.85 bits per heavy atom. The molecule has 14 heteroatoms. The molecule has 1 N–H and O–H groups in total. The molecule has 4 heterocycles. The maximum absolute atomic E-state index is 12.8. The van der Waals surface area contributed by atoms with Crippen molar-refractivity contribution in [1.29, 1.82) is 5.26 Å². The molecule has 0 bridgehead atoms. The first kappa shape index (κ1) is 23.7. The number of nitriles is 1. The van der Waals surface area contributed by atoms with E-state index >= 15 is 0 Å². The van der Waals surface area contributed by atoms with Crippen molar-refractivity contribution in [3.8, 4) is 23.4 Å². The molecule has 0 amide bonds. The molecule has 174 valence electrons. The third-order valence-corrected chi connectivity index (χ3v) is 6.71. The first-order chi connectivity index (χ1) is 16.0. The van der Waals surface area contributed by atoms with E-state index in [1.165, 1.54) is 29.2 Å². The second kappa shape index (κ2) is 8.75. The fourth-order valence-corrected chi connectivity index (χ4v) is 4.65. The van der Waals surface area contributed by atoms with Crippen LogP contribution in [0.5, 0.6) is 0 Å². The van der Waals surface area contributed by atoms with Gasteiger partial charge in [-0.25, -0.2) is 23.4 Å². The van der Waals surface area contributed by atoms with Crippen LogP contribution in [0.4, 0.5) is 13.2 Å². The van der Waals surface area contributed by atoms with Crippen molar-refractivity contribution in [2.24, 2.45) is 0 Å². The number of rotatable bonds is 5. The minimum absolute atomic E-state index is 0.168. The molecule has 0 fully saturated rings. The van der Waals surface area contributed by atoms with Crippen LogP contribution >= 0.6 is 15.9 Å². The van der Waals surface area contributed by atoms with E-state index in [4.69, 9.17) is 0 Å². The summed E-state index contributed by atoms with van der Waals surface area (Å²) in [6.45, 7) is 0.696. The highest BCUT2D eigenvalue weighted by molar-refractivity contribution is 9.10. The molecule has 0 aliphatic heterocycles. The maximum atomic E-state index is 12.8. The Morgan fingerprint density at radius 1 is 1.15 bits per heavy atom. The number of fused-ring (bicyclic) bond motifs is 1. The fourth-order valence-electron chi connectivity index (χ4n) is 3.14. The van der Waals surface area contributed by atoms with E-state index in [1.54, 1.807) is 16.9 Å². The van der Waals surface area contributed by atoms with E-state index in [0.29, 0.717) is 22.4 Å². The first-order valence-corrected chi connectivity index (χ1v) is 11.7.